The topological polar surface area (TPSA) is 70.9 Å². The van der Waals surface area contributed by atoms with Crippen LogP contribution in [0.4, 0.5) is 5.69 Å². The summed E-state index contributed by atoms with van der Waals surface area (Å²) in [5.74, 6) is 7.75. The van der Waals surface area contributed by atoms with E-state index in [-0.39, 0.29) is 0 Å². The highest BCUT2D eigenvalue weighted by molar-refractivity contribution is 8.03. The molecule has 0 amide bonds. The zero-order chi connectivity index (χ0) is 32.0. The number of para-hydroxylation sites is 1. The van der Waals surface area contributed by atoms with Crippen molar-refractivity contribution < 1.29 is 0 Å². The first-order valence-electron chi connectivity index (χ1n) is 13.7. The Bertz CT molecular complexity index is 1390. The van der Waals surface area contributed by atoms with Crippen LogP contribution in [0.3, 0.4) is 0 Å². The Morgan fingerprint density at radius 2 is 1.49 bits per heavy atom. The first-order chi connectivity index (χ1) is 20.8. The van der Waals surface area contributed by atoms with Gasteiger partial charge in [0.05, 0.1) is 5.69 Å². The molecule has 0 aliphatic carbocycles. The molecule has 0 fully saturated rings. The van der Waals surface area contributed by atoms with Crippen molar-refractivity contribution >= 4 is 34.9 Å². The fourth-order valence-corrected chi connectivity index (χ4v) is 4.65. The maximum absolute atomic E-state index is 6.45. The number of halogens is 1. The minimum absolute atomic E-state index is 0.500. The van der Waals surface area contributed by atoms with Crippen LogP contribution in [-0.4, -0.2) is 17.8 Å². The number of allylic oxidation sites excluding steroid dienone is 7. The standard InChI is InChI=1S/C23H22ClN5S.2C5H8.C3H6/c1-28(15-16-8-3-2-4-9-16)22-19-12-5-6-13-20(19)29(26)23(27-22)21(25)30-18-11-7-10-17(24)14-18;2*1-3-5-4-2;1-3-2/h2-14H,15,25-26H2,1H3;2*3-5H,1H2,2H3;3H,1H2,2H3/b23-21+;2*5-4-;. The number of hydrogen-bond donors (Lipinski definition) is 2. The normalized spacial score (nSPS) is 12.7. The molecule has 1 aliphatic rings. The number of aliphatic imine (C=N–C) groups is 1. The number of nitrogens with two attached hydrogens (primary N) is 2. The van der Waals surface area contributed by atoms with E-state index in [4.69, 9.17) is 28.2 Å². The minimum Gasteiger partial charge on any atom is -0.390 e. The molecule has 0 saturated heterocycles. The van der Waals surface area contributed by atoms with E-state index < -0.39 is 0 Å². The molecule has 3 aromatic rings. The summed E-state index contributed by atoms with van der Waals surface area (Å²) in [6, 6.07) is 25.7. The van der Waals surface area contributed by atoms with Gasteiger partial charge in [0, 0.05) is 29.1 Å². The van der Waals surface area contributed by atoms with Gasteiger partial charge in [0.15, 0.2) is 5.82 Å². The summed E-state index contributed by atoms with van der Waals surface area (Å²) in [4.78, 5) is 7.90. The van der Waals surface area contributed by atoms with E-state index in [2.05, 4.69) is 36.8 Å². The number of fused-ring (bicyclic) bond motifs is 1. The Labute approximate surface area is 267 Å². The van der Waals surface area contributed by atoms with Crippen LogP contribution in [0.1, 0.15) is 31.9 Å². The summed E-state index contributed by atoms with van der Waals surface area (Å²) in [5.41, 5.74) is 9.46. The van der Waals surface area contributed by atoms with Crippen LogP contribution in [0.2, 0.25) is 5.02 Å². The number of thioether (sulfide) groups is 1. The molecule has 7 heteroatoms. The van der Waals surface area contributed by atoms with Gasteiger partial charge in [0.25, 0.3) is 0 Å². The molecule has 0 atom stereocenters. The molecule has 5 nitrogen and oxygen atoms in total. The maximum atomic E-state index is 6.45. The lowest BCUT2D eigenvalue weighted by Crippen LogP contribution is -2.39. The summed E-state index contributed by atoms with van der Waals surface area (Å²) < 4.78 is 0. The number of hydrazine groups is 1. The molecule has 4 rings (SSSR count). The highest BCUT2D eigenvalue weighted by Crippen LogP contribution is 2.34. The molecule has 43 heavy (non-hydrogen) atoms. The smallest absolute Gasteiger partial charge is 0.180 e. The molecule has 226 valence electrons. The first kappa shape index (κ1) is 36.8. The van der Waals surface area contributed by atoms with Crippen molar-refractivity contribution in [3.63, 3.8) is 0 Å². The van der Waals surface area contributed by atoms with Crippen LogP contribution in [-0.2, 0) is 6.54 Å². The lowest BCUT2D eigenvalue weighted by Gasteiger charge is -2.32. The van der Waals surface area contributed by atoms with E-state index in [1.807, 2.05) is 119 Å². The molecule has 0 radical (unpaired) electrons. The van der Waals surface area contributed by atoms with Crippen molar-refractivity contribution in [2.24, 2.45) is 16.6 Å². The Hall–Kier alpha value is -4.23. The fourth-order valence-electron chi connectivity index (χ4n) is 3.57. The molecule has 4 N–H and O–H groups in total. The predicted octanol–water partition coefficient (Wildman–Crippen LogP) is 9.48. The summed E-state index contributed by atoms with van der Waals surface area (Å²) in [5, 5.41) is 2.70. The van der Waals surface area contributed by atoms with Gasteiger partial charge in [-0.3, -0.25) is 5.01 Å². The maximum Gasteiger partial charge on any atom is 0.180 e. The Morgan fingerprint density at radius 1 is 0.907 bits per heavy atom. The van der Waals surface area contributed by atoms with Gasteiger partial charge in [-0.15, -0.1) is 6.58 Å². The first-order valence-corrected chi connectivity index (χ1v) is 14.9. The molecule has 1 heterocycles. The third-order valence-electron chi connectivity index (χ3n) is 5.37. The van der Waals surface area contributed by atoms with E-state index in [1.165, 1.54) is 17.3 Å². The lowest BCUT2D eigenvalue weighted by atomic mass is 10.1. The van der Waals surface area contributed by atoms with Gasteiger partial charge in [0.1, 0.15) is 10.9 Å². The quantitative estimate of drug-likeness (QED) is 0.125. The molecule has 1 aliphatic heterocycles. The van der Waals surface area contributed by atoms with Crippen LogP contribution in [0.15, 0.2) is 162 Å². The van der Waals surface area contributed by atoms with Crippen molar-refractivity contribution in [2.75, 3.05) is 12.1 Å². The number of anilines is 1. The van der Waals surface area contributed by atoms with E-state index in [0.29, 0.717) is 22.4 Å². The van der Waals surface area contributed by atoms with E-state index in [0.717, 1.165) is 22.0 Å². The Balaban J connectivity index is 0.000000602. The third kappa shape index (κ3) is 13.1. The van der Waals surface area contributed by atoms with Gasteiger partial charge in [-0.2, -0.15) is 0 Å². The van der Waals surface area contributed by atoms with Gasteiger partial charge in [-0.25, -0.2) is 10.8 Å². The van der Waals surface area contributed by atoms with Crippen LogP contribution in [0, 0.1) is 0 Å². The van der Waals surface area contributed by atoms with Gasteiger partial charge in [-0.1, -0.05) is 128 Å². The third-order valence-corrected chi connectivity index (χ3v) is 6.50. The zero-order valence-corrected chi connectivity index (χ0v) is 27.2. The number of hydrogen-bond acceptors (Lipinski definition) is 6. The second-order valence-electron chi connectivity index (χ2n) is 8.84. The van der Waals surface area contributed by atoms with E-state index in [1.54, 1.807) is 23.2 Å². The molecule has 0 saturated carbocycles. The Kier molecular flexibility index (Phi) is 18.4. The highest BCUT2D eigenvalue weighted by atomic mass is 35.5. The highest BCUT2D eigenvalue weighted by Gasteiger charge is 2.26. The second-order valence-corrected chi connectivity index (χ2v) is 10.4. The SMILES string of the molecule is C=C/C=C\C.C=C/C=C\C.C=CC.CN(Cc1ccccc1)C1=N/C(=C(/N)Sc2cccc(Cl)c2)N(N)c2ccccc21. The van der Waals surface area contributed by atoms with Crippen molar-refractivity contribution in [3.8, 4) is 0 Å². The summed E-state index contributed by atoms with van der Waals surface area (Å²) in [7, 11) is 2.02. The van der Waals surface area contributed by atoms with Crippen molar-refractivity contribution in [1.29, 1.82) is 0 Å². The van der Waals surface area contributed by atoms with E-state index in [9.17, 15) is 0 Å². The number of nitrogens with zero attached hydrogens (tertiary/aromatic N) is 3. The van der Waals surface area contributed by atoms with Crippen LogP contribution < -0.4 is 16.6 Å². The van der Waals surface area contributed by atoms with Crippen LogP contribution in [0.25, 0.3) is 0 Å². The average molecular weight is 614 g/mol. The van der Waals surface area contributed by atoms with Crippen LogP contribution >= 0.6 is 23.4 Å². The average Bonchev–Trinajstić information content (AvgIpc) is 3.00. The summed E-state index contributed by atoms with van der Waals surface area (Å²) in [6.07, 6.45) is 12.9. The fraction of sp³-hybridized carbons (Fsp3) is 0.139. The van der Waals surface area contributed by atoms with Crippen molar-refractivity contribution in [1.82, 2.24) is 4.90 Å². The second kappa shape index (κ2) is 21.5. The van der Waals surface area contributed by atoms with E-state index >= 15 is 0 Å². The molecule has 3 aromatic carbocycles. The van der Waals surface area contributed by atoms with Gasteiger partial charge < -0.3 is 10.6 Å². The van der Waals surface area contributed by atoms with Crippen molar-refractivity contribution in [2.45, 2.75) is 32.2 Å². The van der Waals surface area contributed by atoms with Gasteiger partial charge >= 0.3 is 0 Å². The molecule has 0 aromatic heterocycles. The number of rotatable bonds is 6. The van der Waals surface area contributed by atoms with Gasteiger partial charge in [0.2, 0.25) is 0 Å². The lowest BCUT2D eigenvalue weighted by molar-refractivity contribution is 0.499. The molecule has 0 unspecified atom stereocenters. The summed E-state index contributed by atoms with van der Waals surface area (Å²) >= 11 is 7.50. The van der Waals surface area contributed by atoms with Crippen molar-refractivity contribution in [3.05, 3.63) is 168 Å². The number of benzene rings is 3. The zero-order valence-electron chi connectivity index (χ0n) is 25.7. The molecule has 0 bridgehead atoms. The predicted molar refractivity (Wildman–Crippen MR) is 192 cm³/mol. The molecular formula is C36H44ClN5S. The monoisotopic (exact) mass is 613 g/mol. The summed E-state index contributed by atoms with van der Waals surface area (Å²) in [6.45, 7) is 16.8. The molecule has 0 spiro atoms. The van der Waals surface area contributed by atoms with Crippen LogP contribution in [0.5, 0.6) is 0 Å². The van der Waals surface area contributed by atoms with Gasteiger partial charge in [-0.05, 0) is 56.7 Å². The Morgan fingerprint density at radius 3 is 2.02 bits per heavy atom. The minimum atomic E-state index is 0.500. The number of amidine groups is 1. The molecular weight excluding hydrogens is 570 g/mol. The largest absolute Gasteiger partial charge is 0.390 e.